The van der Waals surface area contributed by atoms with E-state index >= 15 is 0 Å². The first-order valence-corrected chi connectivity index (χ1v) is 15.9. The number of benzene rings is 4. The summed E-state index contributed by atoms with van der Waals surface area (Å²) in [4.78, 5) is 54.0. The van der Waals surface area contributed by atoms with Gasteiger partial charge in [-0.1, -0.05) is 48.5 Å². The maximum absolute atomic E-state index is 10.2. The standard InChI is InChI=1S/2C13H10N2.2C7H5NO4.Ni.6H2O/c2*14-13-9-5-1-3-7-11(9)15-12-8-4-2-6-10(12)13;2*9-6(10)4-1-2-5(7(11)12)8-3-4;;;;;;;/h2*1-8H,(H2,14,15);2*1-3H,(H,9,10)(H,11,12);;6*1H2/q;;;;+2;;;;;;. The summed E-state index contributed by atoms with van der Waals surface area (Å²) in [6.07, 6.45) is 1.81. The van der Waals surface area contributed by atoms with Gasteiger partial charge in [-0.3, -0.25) is 9.97 Å². The fraction of sp³-hybridized carbons (Fsp3) is 0. The van der Waals surface area contributed by atoms with Gasteiger partial charge in [0.2, 0.25) is 22.1 Å². The molecule has 0 fully saturated rings. The number of nitrogens with one attached hydrogen (secondary N) is 2. The number of carboxylic acids is 4. The number of nitrogens with two attached hydrogens (primary N) is 2. The number of rotatable bonds is 4. The number of aromatic amines is 2. The van der Waals surface area contributed by atoms with Crippen LogP contribution in [0.4, 0.5) is 11.4 Å². The molecule has 61 heavy (non-hydrogen) atoms. The van der Waals surface area contributed by atoms with Crippen LogP contribution in [0.15, 0.2) is 134 Å². The molecule has 0 unspecified atom stereocenters. The Labute approximate surface area is 354 Å². The van der Waals surface area contributed by atoms with E-state index in [-0.39, 0.29) is 71.9 Å². The number of pyridine rings is 4. The van der Waals surface area contributed by atoms with Crippen molar-refractivity contribution in [3.05, 3.63) is 156 Å². The smallest absolute Gasteiger partial charge is 0.545 e. The minimum Gasteiger partial charge on any atom is -0.545 e. The van der Waals surface area contributed by atoms with E-state index in [1.54, 1.807) is 0 Å². The van der Waals surface area contributed by atoms with E-state index in [0.717, 1.165) is 91.6 Å². The molecule has 21 heteroatoms. The largest absolute Gasteiger partial charge is 2.00 e. The van der Waals surface area contributed by atoms with Crippen LogP contribution in [0.5, 0.6) is 0 Å². The van der Waals surface area contributed by atoms with Crippen molar-refractivity contribution in [2.75, 3.05) is 11.5 Å². The van der Waals surface area contributed by atoms with E-state index < -0.39 is 23.9 Å². The van der Waals surface area contributed by atoms with Gasteiger partial charge in [0.25, 0.3) is 0 Å². The van der Waals surface area contributed by atoms with Crippen LogP contribution in [-0.2, 0) is 27.4 Å². The molecule has 8 rings (SSSR count). The predicted molar refractivity (Wildman–Crippen MR) is 215 cm³/mol. The average Bonchev–Trinajstić information content (AvgIpc) is 3.19. The van der Waals surface area contributed by atoms with E-state index in [1.165, 1.54) is 0 Å². The van der Waals surface area contributed by atoms with Crippen molar-refractivity contribution >= 4 is 78.9 Å². The molecule has 20 N–H and O–H groups in total. The van der Waals surface area contributed by atoms with Gasteiger partial charge in [0.1, 0.15) is 0 Å². The Morgan fingerprint density at radius 3 is 0.852 bits per heavy atom. The zero-order valence-electron chi connectivity index (χ0n) is 31.5. The zero-order chi connectivity index (χ0) is 38.8. The van der Waals surface area contributed by atoms with Crippen molar-refractivity contribution in [1.82, 2.24) is 9.97 Å². The van der Waals surface area contributed by atoms with E-state index in [9.17, 15) is 39.6 Å². The van der Waals surface area contributed by atoms with Crippen molar-refractivity contribution < 1.29 is 98.9 Å². The van der Waals surface area contributed by atoms with E-state index in [2.05, 4.69) is 19.9 Å². The van der Waals surface area contributed by atoms with E-state index in [0.29, 0.717) is 0 Å². The molecule has 4 heterocycles. The number of fused-ring (bicyclic) bond motifs is 4. The maximum atomic E-state index is 10.2. The summed E-state index contributed by atoms with van der Waals surface area (Å²) >= 11 is 0. The van der Waals surface area contributed by atoms with Crippen molar-refractivity contribution in [3.8, 4) is 0 Å². The second-order valence-electron chi connectivity index (χ2n) is 11.3. The number of aromatic carboxylic acids is 4. The molecule has 0 aliphatic rings. The molecule has 324 valence electrons. The number of carboxylic acid groups (broad SMARTS) is 4. The Morgan fingerprint density at radius 1 is 0.410 bits per heavy atom. The third-order valence-electron chi connectivity index (χ3n) is 7.82. The second kappa shape index (κ2) is 26.3. The molecule has 0 atom stereocenters. The molecule has 0 aliphatic carbocycles. The first kappa shape index (κ1) is 57.6. The van der Waals surface area contributed by atoms with Crippen LogP contribution in [0.25, 0.3) is 43.6 Å². The van der Waals surface area contributed by atoms with Gasteiger partial charge in [0, 0.05) is 47.8 Å². The summed E-state index contributed by atoms with van der Waals surface area (Å²) in [7, 11) is 0. The van der Waals surface area contributed by atoms with Crippen LogP contribution >= 0.6 is 0 Å². The number of H-pyrrole nitrogens is 2. The number of nitrogens with zero attached hydrogens (tertiary/aromatic N) is 2. The third-order valence-corrected chi connectivity index (χ3v) is 7.82. The van der Waals surface area contributed by atoms with Crippen LogP contribution in [0.2, 0.25) is 0 Å². The number of anilines is 2. The van der Waals surface area contributed by atoms with Gasteiger partial charge in [-0.05, 0) is 48.5 Å². The molecule has 8 aromatic rings. The summed E-state index contributed by atoms with van der Waals surface area (Å²) in [6, 6.07) is 36.6. The van der Waals surface area contributed by atoms with Crippen molar-refractivity contribution in [2.45, 2.75) is 0 Å². The zero-order valence-corrected chi connectivity index (χ0v) is 32.5. The molecule has 4 aromatic carbocycles. The minimum absolute atomic E-state index is 0. The van der Waals surface area contributed by atoms with Gasteiger partial charge >= 0.3 is 16.5 Å². The van der Waals surface area contributed by atoms with Crippen LogP contribution in [0, 0.1) is 0 Å². The van der Waals surface area contributed by atoms with Crippen LogP contribution in [-0.4, -0.2) is 55.7 Å². The summed E-state index contributed by atoms with van der Waals surface area (Å²) in [5.74, 6) is -5.68. The monoisotopic (exact) mass is 888 g/mol. The Morgan fingerprint density at radius 2 is 0.656 bits per heavy atom. The number of carbonyl (C=O) groups excluding carboxylic acids is 4. The number of para-hydroxylation sites is 4. The topological polar surface area (TPSA) is 459 Å². The Kier molecular flexibility index (Phi) is 24.8. The SMILES string of the molecule is Nc1c2ccccc2[nH+]c2ccccc12.Nc1c2ccccc2[nH+]c2ccccc12.O.O.O.O.O=C([O-])c1ccc(C(=O)[O-])nc1.O=C([O-])c1ccc(C(=O)[O-])nc1.[Ni+2].[OH3+].[OH3+]. The number of hydrogen-bond donors (Lipinski definition) is 2. The predicted octanol–water partition coefficient (Wildman–Crippen LogP) is -4.75. The molecular weight excluding hydrogens is 847 g/mol. The molecule has 0 saturated carbocycles. The normalized spacial score (nSPS) is 9.05. The van der Waals surface area contributed by atoms with Gasteiger partial charge in [0.05, 0.1) is 68.2 Å². The summed E-state index contributed by atoms with van der Waals surface area (Å²) in [5.41, 5.74) is 17.3. The Hall–Kier alpha value is -7.75. The Balaban J connectivity index is -0.000000713. The van der Waals surface area contributed by atoms with Crippen LogP contribution < -0.4 is 41.9 Å². The molecule has 20 nitrogen and oxygen atoms in total. The Bertz CT molecular complexity index is 2310. The second-order valence-corrected chi connectivity index (χ2v) is 11.3. The van der Waals surface area contributed by atoms with Gasteiger partial charge in [-0.15, -0.1) is 0 Å². The first-order valence-electron chi connectivity index (χ1n) is 15.9. The molecule has 0 bridgehead atoms. The number of nitrogen functional groups attached to an aromatic ring is 2. The van der Waals surface area contributed by atoms with E-state index in [4.69, 9.17) is 11.5 Å². The first-order chi connectivity index (χ1) is 25.9. The quantitative estimate of drug-likeness (QED) is 0.0956. The molecule has 0 radical (unpaired) electrons. The van der Waals surface area contributed by atoms with Crippen LogP contribution in [0.3, 0.4) is 0 Å². The van der Waals surface area contributed by atoms with Gasteiger partial charge in [-0.2, -0.15) is 0 Å². The average molecular weight is 889 g/mol. The van der Waals surface area contributed by atoms with Crippen molar-refractivity contribution in [2.24, 2.45) is 0 Å². The molecule has 0 saturated heterocycles. The number of aromatic nitrogens is 4. The molecular formula is C40H42N6NiO14+2. The minimum atomic E-state index is -1.44. The van der Waals surface area contributed by atoms with Gasteiger partial charge < -0.3 is 83.9 Å². The fourth-order valence-corrected chi connectivity index (χ4v) is 5.16. The molecule has 0 aliphatic heterocycles. The van der Waals surface area contributed by atoms with Crippen LogP contribution in [0.1, 0.15) is 41.7 Å². The summed E-state index contributed by atoms with van der Waals surface area (Å²) < 4.78 is 0. The number of hydrogen-bond acceptors (Lipinski definition) is 12. The van der Waals surface area contributed by atoms with Crippen molar-refractivity contribution in [3.63, 3.8) is 0 Å². The van der Waals surface area contributed by atoms with E-state index in [1.807, 2.05) is 97.1 Å². The third kappa shape index (κ3) is 14.2. The molecule has 0 spiro atoms. The molecule has 0 amide bonds. The maximum Gasteiger partial charge on any atom is 2.00 e. The summed E-state index contributed by atoms with van der Waals surface area (Å²) in [6.45, 7) is 0. The fourth-order valence-electron chi connectivity index (χ4n) is 5.16. The van der Waals surface area contributed by atoms with Gasteiger partial charge in [-0.25, -0.2) is 9.97 Å². The van der Waals surface area contributed by atoms with Crippen molar-refractivity contribution in [1.29, 1.82) is 0 Å². The number of carbonyl (C=O) groups is 4. The van der Waals surface area contributed by atoms with Gasteiger partial charge in [0.15, 0.2) is 0 Å². The molecule has 4 aromatic heterocycles. The summed E-state index contributed by atoms with van der Waals surface area (Å²) in [5, 5.41) is 44.9.